The molecule has 208 valence electrons. The lowest BCUT2D eigenvalue weighted by Crippen LogP contribution is -2.28. The van der Waals surface area contributed by atoms with Crippen LogP contribution in [0.15, 0.2) is 74.6 Å². The second-order valence-corrected chi connectivity index (χ2v) is 11.1. The summed E-state index contributed by atoms with van der Waals surface area (Å²) in [6.07, 6.45) is 8.57. The van der Waals surface area contributed by atoms with Crippen LogP contribution in [0.5, 0.6) is 0 Å². The van der Waals surface area contributed by atoms with Crippen molar-refractivity contribution in [3.63, 3.8) is 0 Å². The molecule has 2 N–H and O–H groups in total. The third-order valence-electron chi connectivity index (χ3n) is 6.52. The Labute approximate surface area is 238 Å². The summed E-state index contributed by atoms with van der Waals surface area (Å²) in [7, 11) is 1.96. The number of ether oxygens (including phenoxy) is 1. The van der Waals surface area contributed by atoms with Crippen molar-refractivity contribution in [2.45, 2.75) is 73.6 Å². The highest BCUT2D eigenvalue weighted by Crippen LogP contribution is 2.25. The van der Waals surface area contributed by atoms with E-state index in [0.717, 1.165) is 57.6 Å². The van der Waals surface area contributed by atoms with Gasteiger partial charge >= 0.3 is 0 Å². The zero-order valence-electron chi connectivity index (χ0n) is 24.2. The van der Waals surface area contributed by atoms with Crippen LogP contribution in [0.4, 0.5) is 5.69 Å². The molecule has 1 heterocycles. The van der Waals surface area contributed by atoms with Gasteiger partial charge in [-0.3, -0.25) is 9.80 Å². The Balaban J connectivity index is 2.31. The van der Waals surface area contributed by atoms with E-state index in [9.17, 15) is 4.79 Å². The molecule has 6 nitrogen and oxygen atoms in total. The van der Waals surface area contributed by atoms with E-state index < -0.39 is 0 Å². The van der Waals surface area contributed by atoms with Gasteiger partial charge in [-0.05, 0) is 87.4 Å². The van der Waals surface area contributed by atoms with Gasteiger partial charge in [-0.25, -0.2) is 5.43 Å². The second-order valence-electron chi connectivity index (χ2n) is 10.2. The van der Waals surface area contributed by atoms with E-state index in [1.807, 2.05) is 57.1 Å². The molecule has 0 bridgehead atoms. The van der Waals surface area contributed by atoms with Crippen LogP contribution in [-0.4, -0.2) is 37.0 Å². The van der Waals surface area contributed by atoms with Crippen molar-refractivity contribution in [2.75, 3.05) is 25.5 Å². The largest absolute Gasteiger partial charge is 0.478 e. The molecule has 0 spiro atoms. The van der Waals surface area contributed by atoms with Crippen LogP contribution in [0.3, 0.4) is 0 Å². The summed E-state index contributed by atoms with van der Waals surface area (Å²) >= 11 is 3.51. The van der Waals surface area contributed by atoms with Gasteiger partial charge in [-0.1, -0.05) is 55.3 Å². The maximum absolute atomic E-state index is 13.4. The first kappa shape index (κ1) is 31.6. The maximum Gasteiger partial charge on any atom is 0.278 e. The first-order valence-corrected chi connectivity index (χ1v) is 14.4. The van der Waals surface area contributed by atoms with E-state index in [1.54, 1.807) is 6.08 Å². The first-order chi connectivity index (χ1) is 18.0. The lowest BCUT2D eigenvalue weighted by Gasteiger charge is -2.18. The summed E-state index contributed by atoms with van der Waals surface area (Å²) in [6.45, 7) is 17.8. The van der Waals surface area contributed by atoms with Crippen LogP contribution < -0.4 is 10.7 Å². The summed E-state index contributed by atoms with van der Waals surface area (Å²) in [5.74, 6) is 1.87. The van der Waals surface area contributed by atoms with Crippen LogP contribution in [0.2, 0.25) is 0 Å². The van der Waals surface area contributed by atoms with Crippen molar-refractivity contribution in [1.29, 1.82) is 0 Å². The molecule has 0 aliphatic carbocycles. The summed E-state index contributed by atoms with van der Waals surface area (Å²) < 4.78 is 7.20. The highest BCUT2D eigenvalue weighted by Gasteiger charge is 2.23. The van der Waals surface area contributed by atoms with Crippen LogP contribution in [0.25, 0.3) is 0 Å². The minimum Gasteiger partial charge on any atom is -0.478 e. The third kappa shape index (κ3) is 9.91. The molecular weight excluding hydrogens is 540 g/mol. The molecule has 0 saturated carbocycles. The molecule has 2 rings (SSSR count). The fourth-order valence-corrected chi connectivity index (χ4v) is 4.56. The lowest BCUT2D eigenvalue weighted by molar-refractivity contribution is -0.114. The number of hydrogen-bond acceptors (Lipinski definition) is 4. The molecule has 1 amide bonds. The van der Waals surface area contributed by atoms with E-state index >= 15 is 0 Å². The number of amidine groups is 1. The molecule has 1 aliphatic heterocycles. The minimum absolute atomic E-state index is 0.297. The number of amides is 1. The molecule has 1 aliphatic rings. The minimum atomic E-state index is -0.297. The number of carbonyl (C=O) groups excluding carboxylic acids is 1. The number of carbonyl (C=O) groups is 1. The number of halogens is 1. The maximum atomic E-state index is 13.4. The molecule has 0 saturated heterocycles. The zero-order chi connectivity index (χ0) is 28.2. The smallest absolute Gasteiger partial charge is 0.278 e. The van der Waals surface area contributed by atoms with Gasteiger partial charge in [0.05, 0.1) is 6.61 Å². The molecule has 38 heavy (non-hydrogen) atoms. The van der Waals surface area contributed by atoms with Gasteiger partial charge in [0.2, 0.25) is 5.88 Å². The number of aryl methyl sites for hydroxylation is 1. The van der Waals surface area contributed by atoms with Gasteiger partial charge in [0.1, 0.15) is 5.84 Å². The summed E-state index contributed by atoms with van der Waals surface area (Å²) in [4.78, 5) is 17.9. The number of hydrazine groups is 1. The Morgan fingerprint density at radius 3 is 2.68 bits per heavy atom. The van der Waals surface area contributed by atoms with Gasteiger partial charge in [-0.15, -0.1) is 0 Å². The van der Waals surface area contributed by atoms with Crippen molar-refractivity contribution >= 4 is 33.4 Å². The zero-order valence-corrected chi connectivity index (χ0v) is 25.8. The molecule has 0 radical (unpaired) electrons. The number of anilines is 1. The average Bonchev–Trinajstić information content (AvgIpc) is 3.22. The van der Waals surface area contributed by atoms with Crippen LogP contribution >= 0.6 is 15.9 Å². The number of allylic oxidation sites excluding steroid dienone is 2. The van der Waals surface area contributed by atoms with Crippen molar-refractivity contribution in [2.24, 2.45) is 10.9 Å². The van der Waals surface area contributed by atoms with Crippen molar-refractivity contribution < 1.29 is 9.53 Å². The van der Waals surface area contributed by atoms with Crippen LogP contribution in [0.1, 0.15) is 72.3 Å². The SMILES string of the molecule is C=C(C)/C=C(\C=C(/C)C1=C(OCCCC(C)CC)N(C)NC1)C(=O)/N=C(/CCC)Nc1ccc(Br)cc1C. The van der Waals surface area contributed by atoms with Gasteiger partial charge in [-0.2, -0.15) is 4.99 Å². The standard InChI is InChI=1S/C31H45BrN4O2/c1-9-12-29(34-28-15-14-26(32)19-24(28)7)35-30(37)25(17-21(3)4)18-23(6)27-20-33-36(8)31(27)38-16-11-13-22(5)10-2/h14-15,17-19,22,33H,3,9-13,16,20H2,1-2,4-8H3,(H,34,35,37)/b23-18+,25-17+. The van der Waals surface area contributed by atoms with Crippen molar-refractivity contribution in [3.8, 4) is 0 Å². The highest BCUT2D eigenvalue weighted by molar-refractivity contribution is 9.10. The summed E-state index contributed by atoms with van der Waals surface area (Å²) in [5, 5.41) is 5.29. The fraction of sp³-hybridized carbons (Fsp3) is 0.484. The normalized spacial score (nSPS) is 15.7. The van der Waals surface area contributed by atoms with Gasteiger partial charge < -0.3 is 10.1 Å². The van der Waals surface area contributed by atoms with E-state index in [0.29, 0.717) is 36.9 Å². The Hall–Kier alpha value is -2.64. The second kappa shape index (κ2) is 15.7. The lowest BCUT2D eigenvalue weighted by atomic mass is 10.0. The molecule has 7 heteroatoms. The summed E-state index contributed by atoms with van der Waals surface area (Å²) in [5.41, 5.74) is 8.62. The summed E-state index contributed by atoms with van der Waals surface area (Å²) in [6, 6.07) is 6.00. The van der Waals surface area contributed by atoms with Gasteiger partial charge in [0, 0.05) is 41.3 Å². The Bertz CT molecular complexity index is 1120. The van der Waals surface area contributed by atoms with Crippen molar-refractivity contribution in [1.82, 2.24) is 10.4 Å². The van der Waals surface area contributed by atoms with E-state index in [-0.39, 0.29) is 5.91 Å². The first-order valence-electron chi connectivity index (χ1n) is 13.6. The Morgan fingerprint density at radius 2 is 2.05 bits per heavy atom. The number of rotatable bonds is 13. The molecule has 0 fully saturated rings. The average molecular weight is 586 g/mol. The molecule has 1 aromatic rings. The third-order valence-corrected chi connectivity index (χ3v) is 7.01. The predicted molar refractivity (Wildman–Crippen MR) is 164 cm³/mol. The Kier molecular flexibility index (Phi) is 13.0. The molecule has 1 atom stereocenters. The number of benzene rings is 1. The quantitative estimate of drug-likeness (QED) is 0.0812. The fourth-order valence-electron chi connectivity index (χ4n) is 4.09. The number of aliphatic imine (C=N–C) groups is 1. The topological polar surface area (TPSA) is 66.0 Å². The highest BCUT2D eigenvalue weighted by atomic mass is 79.9. The number of nitrogens with one attached hydrogen (secondary N) is 2. The molecular formula is C31H45BrN4O2. The molecule has 1 aromatic carbocycles. The van der Waals surface area contributed by atoms with Gasteiger partial charge in [0.15, 0.2) is 0 Å². The van der Waals surface area contributed by atoms with E-state index in [4.69, 9.17) is 4.74 Å². The molecule has 1 unspecified atom stereocenters. The van der Waals surface area contributed by atoms with Crippen molar-refractivity contribution in [3.05, 3.63) is 75.1 Å². The molecule has 0 aromatic heterocycles. The van der Waals surface area contributed by atoms with Gasteiger partial charge in [0.25, 0.3) is 5.91 Å². The Morgan fingerprint density at radius 1 is 1.32 bits per heavy atom. The number of hydrogen-bond donors (Lipinski definition) is 2. The number of nitrogens with zero attached hydrogens (tertiary/aromatic N) is 2. The predicted octanol–water partition coefficient (Wildman–Crippen LogP) is 7.85. The van der Waals surface area contributed by atoms with E-state index in [1.165, 1.54) is 6.42 Å². The monoisotopic (exact) mass is 584 g/mol. The van der Waals surface area contributed by atoms with E-state index in [2.05, 4.69) is 59.0 Å². The van der Waals surface area contributed by atoms with Crippen LogP contribution in [-0.2, 0) is 9.53 Å². The van der Waals surface area contributed by atoms with Crippen LogP contribution in [0, 0.1) is 12.8 Å².